The van der Waals surface area contributed by atoms with Gasteiger partial charge in [0.2, 0.25) is 0 Å². The average Bonchev–Trinajstić information content (AvgIpc) is 2.46. The van der Waals surface area contributed by atoms with Crippen molar-refractivity contribution < 1.29 is 9.72 Å². The molecule has 0 saturated heterocycles. The van der Waals surface area contributed by atoms with Crippen LogP contribution in [-0.4, -0.2) is 15.8 Å². The van der Waals surface area contributed by atoms with Gasteiger partial charge in [-0.15, -0.1) is 0 Å². The second-order valence-corrected chi connectivity index (χ2v) is 5.01. The topological polar surface area (TPSA) is 111 Å². The quantitative estimate of drug-likeness (QED) is 0.648. The van der Waals surface area contributed by atoms with Gasteiger partial charge in [0, 0.05) is 17.1 Å². The number of nitro groups is 1. The predicted molar refractivity (Wildman–Crippen MR) is 80.6 cm³/mol. The van der Waals surface area contributed by atoms with Crippen LogP contribution in [0.15, 0.2) is 41.0 Å². The van der Waals surface area contributed by atoms with E-state index in [9.17, 15) is 14.9 Å². The monoisotopic (exact) mass is 350 g/mol. The zero-order valence-corrected chi connectivity index (χ0v) is 12.3. The summed E-state index contributed by atoms with van der Waals surface area (Å²) in [6.45, 7) is 0.266. The Balaban J connectivity index is 2.15. The molecule has 1 heterocycles. The fourth-order valence-corrected chi connectivity index (χ4v) is 2.08. The van der Waals surface area contributed by atoms with Crippen molar-refractivity contribution in [2.75, 3.05) is 5.73 Å². The molecule has 0 saturated carbocycles. The number of aromatic nitrogens is 1. The summed E-state index contributed by atoms with van der Waals surface area (Å²) in [6.07, 6.45) is 1.01. The normalized spacial score (nSPS) is 10.1. The zero-order chi connectivity index (χ0) is 15.4. The van der Waals surface area contributed by atoms with Crippen molar-refractivity contribution >= 4 is 33.3 Å². The van der Waals surface area contributed by atoms with Gasteiger partial charge in [0.25, 0.3) is 11.6 Å². The van der Waals surface area contributed by atoms with Gasteiger partial charge >= 0.3 is 0 Å². The summed E-state index contributed by atoms with van der Waals surface area (Å²) in [5, 5.41) is 13.3. The number of carbonyl (C=O) groups excluding carboxylic acids is 1. The molecule has 8 heteroatoms. The molecule has 2 rings (SSSR count). The lowest BCUT2D eigenvalue weighted by atomic mass is 10.2. The minimum Gasteiger partial charge on any atom is -0.383 e. The summed E-state index contributed by atoms with van der Waals surface area (Å²) in [5.41, 5.74) is 6.16. The Hall–Kier alpha value is -2.48. The molecule has 7 nitrogen and oxygen atoms in total. The van der Waals surface area contributed by atoms with E-state index in [1.54, 1.807) is 0 Å². The van der Waals surface area contributed by atoms with Crippen molar-refractivity contribution in [1.29, 1.82) is 0 Å². The third-order valence-corrected chi connectivity index (χ3v) is 3.53. The molecule has 0 unspecified atom stereocenters. The lowest BCUT2D eigenvalue weighted by Crippen LogP contribution is -2.24. The summed E-state index contributed by atoms with van der Waals surface area (Å²) in [4.78, 5) is 25.8. The third kappa shape index (κ3) is 3.54. The maximum atomic E-state index is 12.1. The van der Waals surface area contributed by atoms with Crippen molar-refractivity contribution in [3.8, 4) is 0 Å². The molecule has 0 aliphatic carbocycles. The fraction of sp³-hybridized carbons (Fsp3) is 0.0769. The number of benzene rings is 1. The number of halogens is 1. The van der Waals surface area contributed by atoms with E-state index >= 15 is 0 Å². The van der Waals surface area contributed by atoms with E-state index < -0.39 is 10.8 Å². The summed E-state index contributed by atoms with van der Waals surface area (Å²) >= 11 is 3.37. The third-order valence-electron chi connectivity index (χ3n) is 2.76. The molecule has 0 aliphatic heterocycles. The van der Waals surface area contributed by atoms with E-state index in [-0.39, 0.29) is 23.6 Å². The first kappa shape index (κ1) is 14.9. The van der Waals surface area contributed by atoms with E-state index in [2.05, 4.69) is 26.2 Å². The molecule has 3 N–H and O–H groups in total. The second-order valence-electron chi connectivity index (χ2n) is 4.16. The number of pyridine rings is 1. The largest absolute Gasteiger partial charge is 0.383 e. The van der Waals surface area contributed by atoms with Crippen LogP contribution in [0.4, 0.5) is 11.5 Å². The molecule has 2 aromatic rings. The Labute approximate surface area is 128 Å². The highest BCUT2D eigenvalue weighted by molar-refractivity contribution is 9.10. The number of nitrogen functional groups attached to an aromatic ring is 1. The van der Waals surface area contributed by atoms with Crippen LogP contribution in [-0.2, 0) is 6.54 Å². The van der Waals surface area contributed by atoms with Gasteiger partial charge in [-0.25, -0.2) is 4.98 Å². The Kier molecular flexibility index (Phi) is 4.49. The Bertz CT molecular complexity index is 706. The van der Waals surface area contributed by atoms with Gasteiger partial charge in [0.15, 0.2) is 0 Å². The number of carbonyl (C=O) groups is 1. The summed E-state index contributed by atoms with van der Waals surface area (Å²) in [7, 11) is 0. The number of anilines is 1. The van der Waals surface area contributed by atoms with E-state index in [1.165, 1.54) is 0 Å². The van der Waals surface area contributed by atoms with Gasteiger partial charge in [-0.2, -0.15) is 0 Å². The predicted octanol–water partition coefficient (Wildman–Crippen LogP) is 2.26. The first-order valence-corrected chi connectivity index (χ1v) is 6.70. The van der Waals surface area contributed by atoms with E-state index in [4.69, 9.17) is 5.73 Å². The molecule has 0 bridgehead atoms. The van der Waals surface area contributed by atoms with Gasteiger partial charge in [-0.1, -0.05) is 34.1 Å². The van der Waals surface area contributed by atoms with E-state index in [0.29, 0.717) is 0 Å². The lowest BCUT2D eigenvalue weighted by Gasteiger charge is -2.08. The number of rotatable bonds is 4. The molecule has 0 spiro atoms. The maximum Gasteiger partial charge on any atom is 0.288 e. The minimum atomic E-state index is -0.628. The highest BCUT2D eigenvalue weighted by Gasteiger charge is 2.16. The highest BCUT2D eigenvalue weighted by atomic mass is 79.9. The number of amides is 1. The van der Waals surface area contributed by atoms with Crippen molar-refractivity contribution in [3.63, 3.8) is 0 Å². The maximum absolute atomic E-state index is 12.1. The van der Waals surface area contributed by atoms with Gasteiger partial charge in [0.1, 0.15) is 12.0 Å². The van der Waals surface area contributed by atoms with Crippen LogP contribution in [0, 0.1) is 10.1 Å². The Morgan fingerprint density at radius 1 is 1.43 bits per heavy atom. The molecule has 0 atom stereocenters. The fourth-order valence-electron chi connectivity index (χ4n) is 1.66. The Morgan fingerprint density at radius 3 is 2.81 bits per heavy atom. The summed E-state index contributed by atoms with van der Waals surface area (Å²) in [5.74, 6) is -0.565. The summed E-state index contributed by atoms with van der Waals surface area (Å²) < 4.78 is 0.857. The Morgan fingerprint density at radius 2 is 2.14 bits per heavy atom. The van der Waals surface area contributed by atoms with Crippen LogP contribution < -0.4 is 11.1 Å². The van der Waals surface area contributed by atoms with Crippen LogP contribution in [0.2, 0.25) is 0 Å². The van der Waals surface area contributed by atoms with Gasteiger partial charge < -0.3 is 11.1 Å². The molecule has 1 amide bonds. The van der Waals surface area contributed by atoms with Crippen molar-refractivity contribution in [1.82, 2.24) is 10.3 Å². The van der Waals surface area contributed by atoms with Crippen LogP contribution in [0.25, 0.3) is 0 Å². The van der Waals surface area contributed by atoms with Gasteiger partial charge in [-0.3, -0.25) is 14.9 Å². The molecule has 0 aliphatic rings. The first-order chi connectivity index (χ1) is 9.99. The number of hydrogen-bond donors (Lipinski definition) is 2. The smallest absolute Gasteiger partial charge is 0.288 e. The molecule has 108 valence electrons. The van der Waals surface area contributed by atoms with Gasteiger partial charge in [0.05, 0.1) is 10.5 Å². The van der Waals surface area contributed by atoms with E-state index in [0.717, 1.165) is 22.3 Å². The molecular weight excluding hydrogens is 340 g/mol. The van der Waals surface area contributed by atoms with E-state index in [1.807, 2.05) is 24.3 Å². The second kappa shape index (κ2) is 6.31. The van der Waals surface area contributed by atoms with Crippen molar-refractivity contribution in [2.45, 2.75) is 6.54 Å². The molecule has 0 radical (unpaired) electrons. The molecule has 21 heavy (non-hydrogen) atoms. The first-order valence-electron chi connectivity index (χ1n) is 5.90. The van der Waals surface area contributed by atoms with Crippen molar-refractivity contribution in [3.05, 3.63) is 62.2 Å². The number of hydrogen-bond acceptors (Lipinski definition) is 5. The van der Waals surface area contributed by atoms with Crippen LogP contribution >= 0.6 is 15.9 Å². The zero-order valence-electron chi connectivity index (χ0n) is 10.7. The van der Waals surface area contributed by atoms with Crippen LogP contribution in [0.5, 0.6) is 0 Å². The number of nitrogens with zero attached hydrogens (tertiary/aromatic N) is 2. The number of nitrogens with one attached hydrogen (secondary N) is 1. The van der Waals surface area contributed by atoms with Gasteiger partial charge in [-0.05, 0) is 11.6 Å². The molecular formula is C13H11BrN4O3. The molecule has 1 aromatic heterocycles. The molecule has 1 aromatic carbocycles. The highest BCUT2D eigenvalue weighted by Crippen LogP contribution is 2.18. The SMILES string of the molecule is Nc1ncc([N+](=O)[O-])cc1C(=O)NCc1ccccc1Br. The lowest BCUT2D eigenvalue weighted by molar-refractivity contribution is -0.385. The summed E-state index contributed by atoms with van der Waals surface area (Å²) in [6, 6.07) is 8.51. The van der Waals surface area contributed by atoms with Crippen molar-refractivity contribution in [2.24, 2.45) is 0 Å². The minimum absolute atomic E-state index is 0.0174. The number of nitrogens with two attached hydrogens (primary N) is 1. The van der Waals surface area contributed by atoms with Crippen LogP contribution in [0.1, 0.15) is 15.9 Å². The average molecular weight is 351 g/mol. The standard InChI is InChI=1S/C13H11BrN4O3/c14-11-4-2-1-3-8(11)6-17-13(19)10-5-9(18(20)21)7-16-12(10)15/h1-5,7H,6H2,(H2,15,16)(H,17,19). The van der Waals surface area contributed by atoms with Crippen LogP contribution in [0.3, 0.4) is 0 Å². The molecule has 0 fully saturated rings.